The Kier molecular flexibility index (Phi) is 6.17. The first-order valence-electron chi connectivity index (χ1n) is 8.92. The van der Waals surface area contributed by atoms with E-state index in [-0.39, 0.29) is 23.7 Å². The molecule has 1 N–H and O–H groups in total. The zero-order chi connectivity index (χ0) is 18.5. The molecule has 0 unspecified atom stereocenters. The van der Waals surface area contributed by atoms with E-state index in [1.165, 1.54) is 0 Å². The van der Waals surface area contributed by atoms with Crippen molar-refractivity contribution in [1.82, 2.24) is 4.90 Å². The molecular weight excluding hydrogens is 350 g/mol. The zero-order valence-corrected chi connectivity index (χ0v) is 15.7. The Morgan fingerprint density at radius 1 is 1.19 bits per heavy atom. The smallest absolute Gasteiger partial charge is 0.223 e. The van der Waals surface area contributed by atoms with Crippen LogP contribution in [0.1, 0.15) is 36.3 Å². The van der Waals surface area contributed by atoms with Crippen LogP contribution in [0.15, 0.2) is 48.5 Å². The van der Waals surface area contributed by atoms with Gasteiger partial charge in [-0.15, -0.1) is 0 Å². The number of phenols is 1. The molecule has 0 aliphatic carbocycles. The first-order valence-corrected chi connectivity index (χ1v) is 9.29. The summed E-state index contributed by atoms with van der Waals surface area (Å²) >= 11 is 6.17. The molecule has 1 amide bonds. The number of likely N-dealkylation sites (tertiary alicyclic amines) is 1. The second kappa shape index (κ2) is 8.56. The van der Waals surface area contributed by atoms with Crippen LogP contribution in [0.4, 0.5) is 0 Å². The molecule has 1 aliphatic heterocycles. The number of phenolic OH excluding ortho intramolecular Hbond substituents is 1. The molecule has 5 heteroatoms. The van der Waals surface area contributed by atoms with Gasteiger partial charge in [0.15, 0.2) is 0 Å². The van der Waals surface area contributed by atoms with E-state index in [0.717, 1.165) is 37.1 Å². The maximum absolute atomic E-state index is 12.9. The maximum Gasteiger partial charge on any atom is 0.223 e. The van der Waals surface area contributed by atoms with Crippen LogP contribution < -0.4 is 0 Å². The molecule has 1 aliphatic rings. The lowest BCUT2D eigenvalue weighted by Crippen LogP contribution is -2.41. The Hall–Kier alpha value is -2.04. The summed E-state index contributed by atoms with van der Waals surface area (Å²) in [5.74, 6) is 0.171. The largest absolute Gasteiger partial charge is 0.508 e. The van der Waals surface area contributed by atoms with E-state index in [0.29, 0.717) is 11.4 Å². The predicted octanol–water partition coefficient (Wildman–Crippen LogP) is 4.21. The number of nitrogens with zero attached hydrogens (tertiary/aromatic N) is 1. The molecule has 2 aromatic carbocycles. The van der Waals surface area contributed by atoms with Gasteiger partial charge in [-0.05, 0) is 48.2 Å². The summed E-state index contributed by atoms with van der Waals surface area (Å²) in [5.41, 5.74) is 1.88. The van der Waals surface area contributed by atoms with E-state index in [4.69, 9.17) is 16.3 Å². The van der Waals surface area contributed by atoms with Crippen molar-refractivity contribution < 1.29 is 14.6 Å². The number of piperidine rings is 1. The SMILES string of the molecule is COC1CCN(C(=O)C[C@@H](c2cccc(O)c2)c2cccc(Cl)c2)CC1. The number of aromatic hydroxyl groups is 1. The lowest BCUT2D eigenvalue weighted by atomic mass is 9.87. The monoisotopic (exact) mass is 373 g/mol. The third kappa shape index (κ3) is 4.57. The van der Waals surface area contributed by atoms with Crippen LogP contribution >= 0.6 is 11.6 Å². The van der Waals surface area contributed by atoms with Gasteiger partial charge in [0, 0.05) is 37.6 Å². The molecule has 1 fully saturated rings. The van der Waals surface area contributed by atoms with Crippen LogP contribution in [0.3, 0.4) is 0 Å². The Balaban J connectivity index is 1.81. The Morgan fingerprint density at radius 3 is 2.46 bits per heavy atom. The van der Waals surface area contributed by atoms with Gasteiger partial charge in [0.2, 0.25) is 5.91 Å². The number of methoxy groups -OCH3 is 1. The number of amides is 1. The first-order chi connectivity index (χ1) is 12.6. The van der Waals surface area contributed by atoms with Gasteiger partial charge in [0.1, 0.15) is 5.75 Å². The third-order valence-electron chi connectivity index (χ3n) is 5.03. The molecule has 0 saturated carbocycles. The van der Waals surface area contributed by atoms with Crippen molar-refractivity contribution in [2.24, 2.45) is 0 Å². The van der Waals surface area contributed by atoms with Crippen molar-refractivity contribution in [3.8, 4) is 5.75 Å². The summed E-state index contributed by atoms with van der Waals surface area (Å²) in [5, 5.41) is 10.5. The molecule has 26 heavy (non-hydrogen) atoms. The summed E-state index contributed by atoms with van der Waals surface area (Å²) in [6.45, 7) is 1.44. The van der Waals surface area contributed by atoms with Gasteiger partial charge in [-0.3, -0.25) is 4.79 Å². The van der Waals surface area contributed by atoms with E-state index in [2.05, 4.69) is 0 Å². The fraction of sp³-hybridized carbons (Fsp3) is 0.381. The van der Waals surface area contributed by atoms with Crippen molar-refractivity contribution in [3.05, 3.63) is 64.7 Å². The average Bonchev–Trinajstić information content (AvgIpc) is 2.66. The van der Waals surface area contributed by atoms with Crippen molar-refractivity contribution in [3.63, 3.8) is 0 Å². The summed E-state index contributed by atoms with van der Waals surface area (Å²) in [6.07, 6.45) is 2.34. The van der Waals surface area contributed by atoms with Gasteiger partial charge < -0.3 is 14.7 Å². The van der Waals surface area contributed by atoms with Crippen molar-refractivity contribution >= 4 is 17.5 Å². The number of carbonyl (C=O) groups is 1. The minimum Gasteiger partial charge on any atom is -0.508 e. The van der Waals surface area contributed by atoms with Crippen LogP contribution in [0.2, 0.25) is 5.02 Å². The number of hydrogen-bond donors (Lipinski definition) is 1. The Bertz CT molecular complexity index is 711. The molecule has 0 radical (unpaired) electrons. The number of rotatable bonds is 5. The summed E-state index contributed by atoms with van der Waals surface area (Å²) in [7, 11) is 1.72. The third-order valence-corrected chi connectivity index (χ3v) is 5.27. The van der Waals surface area contributed by atoms with E-state index in [9.17, 15) is 9.90 Å². The number of benzene rings is 2. The molecule has 0 bridgehead atoms. The van der Waals surface area contributed by atoms with Gasteiger partial charge in [-0.25, -0.2) is 0 Å². The van der Waals surface area contributed by atoms with E-state index in [1.807, 2.05) is 35.2 Å². The highest BCUT2D eigenvalue weighted by Gasteiger charge is 2.26. The number of carbonyl (C=O) groups excluding carboxylic acids is 1. The molecule has 138 valence electrons. The van der Waals surface area contributed by atoms with Gasteiger partial charge in [-0.2, -0.15) is 0 Å². The molecule has 2 aromatic rings. The fourth-order valence-corrected chi connectivity index (χ4v) is 3.74. The second-order valence-corrected chi connectivity index (χ2v) is 7.16. The van der Waals surface area contributed by atoms with Crippen LogP contribution in [-0.4, -0.2) is 42.2 Å². The molecule has 1 saturated heterocycles. The van der Waals surface area contributed by atoms with Crippen molar-refractivity contribution in [1.29, 1.82) is 0 Å². The van der Waals surface area contributed by atoms with Crippen LogP contribution in [0.5, 0.6) is 5.75 Å². The van der Waals surface area contributed by atoms with Crippen LogP contribution in [-0.2, 0) is 9.53 Å². The normalized spacial score (nSPS) is 16.5. The minimum atomic E-state index is -0.145. The summed E-state index contributed by atoms with van der Waals surface area (Å²) in [6, 6.07) is 14.7. The van der Waals surface area contributed by atoms with Gasteiger partial charge in [0.05, 0.1) is 6.10 Å². The second-order valence-electron chi connectivity index (χ2n) is 6.72. The van der Waals surface area contributed by atoms with Crippen molar-refractivity contribution in [2.45, 2.75) is 31.3 Å². The van der Waals surface area contributed by atoms with E-state index >= 15 is 0 Å². The van der Waals surface area contributed by atoms with Gasteiger partial charge >= 0.3 is 0 Å². The summed E-state index contributed by atoms with van der Waals surface area (Å²) in [4.78, 5) is 14.8. The van der Waals surface area contributed by atoms with Crippen LogP contribution in [0.25, 0.3) is 0 Å². The highest BCUT2D eigenvalue weighted by molar-refractivity contribution is 6.30. The Morgan fingerprint density at radius 2 is 1.85 bits per heavy atom. The Labute approximate surface area is 159 Å². The number of hydrogen-bond acceptors (Lipinski definition) is 3. The number of halogens is 1. The standard InChI is InChI=1S/C21H24ClNO3/c1-26-19-8-10-23(11-9-19)21(25)14-20(15-4-2-6-17(22)12-15)16-5-3-7-18(24)13-16/h2-7,12-13,19-20,24H,8-11,14H2,1H3/t20-/m1/s1. The average molecular weight is 374 g/mol. The highest BCUT2D eigenvalue weighted by atomic mass is 35.5. The molecule has 3 rings (SSSR count). The lowest BCUT2D eigenvalue weighted by Gasteiger charge is -2.32. The molecule has 0 spiro atoms. The highest BCUT2D eigenvalue weighted by Crippen LogP contribution is 2.32. The zero-order valence-electron chi connectivity index (χ0n) is 14.9. The fourth-order valence-electron chi connectivity index (χ4n) is 3.54. The maximum atomic E-state index is 12.9. The van der Waals surface area contributed by atoms with Crippen molar-refractivity contribution in [2.75, 3.05) is 20.2 Å². The van der Waals surface area contributed by atoms with Gasteiger partial charge in [-0.1, -0.05) is 35.9 Å². The predicted molar refractivity (Wildman–Crippen MR) is 103 cm³/mol. The lowest BCUT2D eigenvalue weighted by molar-refractivity contribution is -0.133. The molecule has 4 nitrogen and oxygen atoms in total. The quantitative estimate of drug-likeness (QED) is 0.854. The van der Waals surface area contributed by atoms with E-state index < -0.39 is 0 Å². The molecule has 1 atom stereocenters. The molecule has 0 aromatic heterocycles. The minimum absolute atomic E-state index is 0.118. The molecule has 1 heterocycles. The number of ether oxygens (including phenoxy) is 1. The summed E-state index contributed by atoms with van der Waals surface area (Å²) < 4.78 is 5.38. The molecular formula is C21H24ClNO3. The van der Waals surface area contributed by atoms with E-state index in [1.54, 1.807) is 25.3 Å². The van der Waals surface area contributed by atoms with Gasteiger partial charge in [0.25, 0.3) is 0 Å². The first kappa shape index (κ1) is 18.7. The van der Waals surface area contributed by atoms with Crippen LogP contribution in [0, 0.1) is 0 Å². The topological polar surface area (TPSA) is 49.8 Å².